The average Bonchev–Trinajstić information content (AvgIpc) is 2.39. The van der Waals surface area contributed by atoms with Crippen LogP contribution in [-0.4, -0.2) is 26.2 Å². The lowest BCUT2D eigenvalue weighted by Crippen LogP contribution is -2.12. The fraction of sp³-hybridized carbons (Fsp3) is 0.357. The third-order valence-electron chi connectivity index (χ3n) is 2.44. The Labute approximate surface area is 125 Å². The average molecular weight is 301 g/mol. The molecule has 6 heteroatoms. The van der Waals surface area contributed by atoms with Gasteiger partial charge in [-0.1, -0.05) is 6.08 Å². The molecule has 1 amide bonds. The second-order valence-electron chi connectivity index (χ2n) is 3.97. The van der Waals surface area contributed by atoms with Crippen LogP contribution in [0.1, 0.15) is 12.8 Å². The van der Waals surface area contributed by atoms with Gasteiger partial charge in [0.2, 0.25) is 5.91 Å². The van der Waals surface area contributed by atoms with Gasteiger partial charge in [0.05, 0.1) is 19.4 Å². The predicted molar refractivity (Wildman–Crippen MR) is 83.5 cm³/mol. The van der Waals surface area contributed by atoms with Crippen LogP contribution in [0.4, 0.5) is 11.4 Å². The van der Waals surface area contributed by atoms with Gasteiger partial charge in [-0.25, -0.2) is 0 Å². The zero-order valence-corrected chi connectivity index (χ0v) is 12.4. The topological polar surface area (TPSA) is 73.6 Å². The number of hydrogen-bond donors (Lipinski definition) is 2. The summed E-state index contributed by atoms with van der Waals surface area (Å²) in [6.07, 6.45) is 2.76. The van der Waals surface area contributed by atoms with E-state index in [9.17, 15) is 4.79 Å². The van der Waals surface area contributed by atoms with E-state index in [0.717, 1.165) is 0 Å². The summed E-state index contributed by atoms with van der Waals surface area (Å²) in [6, 6.07) is 5.14. The fourth-order valence-electron chi connectivity index (χ4n) is 1.54. The highest BCUT2D eigenvalue weighted by atomic mass is 35.5. The number of carbonyl (C=O) groups is 1. The lowest BCUT2D eigenvalue weighted by Gasteiger charge is -2.08. The summed E-state index contributed by atoms with van der Waals surface area (Å²) in [7, 11) is 1.55. The first kappa shape index (κ1) is 18.3. The van der Waals surface area contributed by atoms with Crippen molar-refractivity contribution in [2.45, 2.75) is 12.8 Å². The van der Waals surface area contributed by atoms with E-state index >= 15 is 0 Å². The van der Waals surface area contributed by atoms with Gasteiger partial charge in [-0.15, -0.1) is 19.0 Å². The lowest BCUT2D eigenvalue weighted by molar-refractivity contribution is -0.116. The third-order valence-corrected chi connectivity index (χ3v) is 2.44. The van der Waals surface area contributed by atoms with Gasteiger partial charge in [-0.05, 0) is 24.6 Å². The monoisotopic (exact) mass is 300 g/mol. The third kappa shape index (κ3) is 6.45. The summed E-state index contributed by atoms with van der Waals surface area (Å²) in [5.41, 5.74) is 6.91. The van der Waals surface area contributed by atoms with E-state index in [1.165, 1.54) is 0 Å². The van der Waals surface area contributed by atoms with E-state index in [0.29, 0.717) is 43.2 Å². The Balaban J connectivity index is 0.00000361. The van der Waals surface area contributed by atoms with Crippen molar-refractivity contribution in [1.29, 1.82) is 0 Å². The number of nitrogens with one attached hydrogen (secondary N) is 1. The molecular weight excluding hydrogens is 280 g/mol. The van der Waals surface area contributed by atoms with Gasteiger partial charge in [-0.3, -0.25) is 4.79 Å². The predicted octanol–water partition coefficient (Wildman–Crippen LogP) is 2.62. The second-order valence-corrected chi connectivity index (χ2v) is 3.97. The lowest BCUT2D eigenvalue weighted by atomic mass is 10.2. The number of amides is 1. The second kappa shape index (κ2) is 10.1. The summed E-state index contributed by atoms with van der Waals surface area (Å²) in [5, 5.41) is 2.77. The van der Waals surface area contributed by atoms with E-state index in [2.05, 4.69) is 11.9 Å². The molecular formula is C14H21ClN2O3. The molecule has 0 fully saturated rings. The molecule has 0 atom stereocenters. The quantitative estimate of drug-likeness (QED) is 0.440. The molecule has 5 nitrogen and oxygen atoms in total. The van der Waals surface area contributed by atoms with Gasteiger partial charge in [0, 0.05) is 18.7 Å². The van der Waals surface area contributed by atoms with Crippen LogP contribution >= 0.6 is 12.4 Å². The first-order chi connectivity index (χ1) is 9.17. The maximum absolute atomic E-state index is 11.7. The van der Waals surface area contributed by atoms with Crippen LogP contribution in [0.25, 0.3) is 0 Å². The number of benzene rings is 1. The molecule has 0 aromatic heterocycles. The molecule has 112 valence electrons. The van der Waals surface area contributed by atoms with E-state index in [1.54, 1.807) is 31.4 Å². The number of nitrogen functional groups attached to an aromatic ring is 1. The van der Waals surface area contributed by atoms with Crippen molar-refractivity contribution >= 4 is 29.7 Å². The summed E-state index contributed by atoms with van der Waals surface area (Å²) in [4.78, 5) is 11.7. The van der Waals surface area contributed by atoms with Crippen LogP contribution in [0.5, 0.6) is 5.75 Å². The highest BCUT2D eigenvalue weighted by Crippen LogP contribution is 2.24. The molecule has 1 rings (SSSR count). The van der Waals surface area contributed by atoms with Crippen LogP contribution in [-0.2, 0) is 9.53 Å². The van der Waals surface area contributed by atoms with E-state index in [-0.39, 0.29) is 18.3 Å². The zero-order chi connectivity index (χ0) is 14.1. The molecule has 0 aliphatic rings. The van der Waals surface area contributed by atoms with Crippen molar-refractivity contribution in [3.63, 3.8) is 0 Å². The van der Waals surface area contributed by atoms with Gasteiger partial charge < -0.3 is 20.5 Å². The van der Waals surface area contributed by atoms with Crippen LogP contribution in [0.2, 0.25) is 0 Å². The molecule has 3 N–H and O–H groups in total. The number of anilines is 2. The largest absolute Gasteiger partial charge is 0.495 e. The number of carbonyl (C=O) groups excluding carboxylic acids is 1. The van der Waals surface area contributed by atoms with Crippen molar-refractivity contribution in [3.8, 4) is 5.75 Å². The SMILES string of the molecule is C=CCOCCCC(=O)Nc1ccc(OC)c(N)c1.Cl. The molecule has 0 unspecified atom stereocenters. The smallest absolute Gasteiger partial charge is 0.224 e. The number of hydrogen-bond acceptors (Lipinski definition) is 4. The van der Waals surface area contributed by atoms with Gasteiger partial charge in [-0.2, -0.15) is 0 Å². The van der Waals surface area contributed by atoms with Crippen LogP contribution in [0.15, 0.2) is 30.9 Å². The van der Waals surface area contributed by atoms with Gasteiger partial charge in [0.15, 0.2) is 0 Å². The minimum Gasteiger partial charge on any atom is -0.495 e. The first-order valence-corrected chi connectivity index (χ1v) is 6.09. The molecule has 0 aliphatic heterocycles. The molecule has 0 heterocycles. The van der Waals surface area contributed by atoms with E-state index in [4.69, 9.17) is 15.2 Å². The van der Waals surface area contributed by atoms with Crippen LogP contribution < -0.4 is 15.8 Å². The Morgan fingerprint density at radius 3 is 2.85 bits per heavy atom. The molecule has 1 aromatic rings. The number of ether oxygens (including phenoxy) is 2. The number of rotatable bonds is 8. The standard InChI is InChI=1S/C14H20N2O3.ClH/c1-3-8-19-9-4-5-14(17)16-11-6-7-13(18-2)12(15)10-11;/h3,6-7,10H,1,4-5,8-9,15H2,2H3,(H,16,17);1H. The Bertz CT molecular complexity index is 438. The molecule has 1 aromatic carbocycles. The number of halogens is 1. The maximum atomic E-state index is 11.7. The summed E-state index contributed by atoms with van der Waals surface area (Å²) in [6.45, 7) is 4.60. The highest BCUT2D eigenvalue weighted by molar-refractivity contribution is 5.91. The Morgan fingerprint density at radius 1 is 1.50 bits per heavy atom. The van der Waals surface area contributed by atoms with Crippen molar-refractivity contribution in [3.05, 3.63) is 30.9 Å². The molecule has 0 spiro atoms. The normalized spacial score (nSPS) is 9.45. The van der Waals surface area contributed by atoms with Crippen molar-refractivity contribution in [2.75, 3.05) is 31.4 Å². The highest BCUT2D eigenvalue weighted by Gasteiger charge is 2.05. The van der Waals surface area contributed by atoms with E-state index < -0.39 is 0 Å². The molecule has 0 aliphatic carbocycles. The van der Waals surface area contributed by atoms with Gasteiger partial charge >= 0.3 is 0 Å². The van der Waals surface area contributed by atoms with Crippen molar-refractivity contribution in [2.24, 2.45) is 0 Å². The van der Waals surface area contributed by atoms with Gasteiger partial charge in [0.25, 0.3) is 0 Å². The number of methoxy groups -OCH3 is 1. The van der Waals surface area contributed by atoms with E-state index in [1.807, 2.05) is 0 Å². The Kier molecular flexibility index (Phi) is 9.24. The molecule has 0 radical (unpaired) electrons. The fourth-order valence-corrected chi connectivity index (χ4v) is 1.54. The molecule has 0 saturated carbocycles. The Morgan fingerprint density at radius 2 is 2.25 bits per heavy atom. The zero-order valence-electron chi connectivity index (χ0n) is 11.6. The minimum absolute atomic E-state index is 0. The molecule has 20 heavy (non-hydrogen) atoms. The van der Waals surface area contributed by atoms with Crippen LogP contribution in [0, 0.1) is 0 Å². The minimum atomic E-state index is -0.0632. The van der Waals surface area contributed by atoms with Gasteiger partial charge in [0.1, 0.15) is 5.75 Å². The van der Waals surface area contributed by atoms with Crippen molar-refractivity contribution in [1.82, 2.24) is 0 Å². The first-order valence-electron chi connectivity index (χ1n) is 6.09. The summed E-state index contributed by atoms with van der Waals surface area (Å²) < 4.78 is 10.2. The summed E-state index contributed by atoms with van der Waals surface area (Å²) in [5.74, 6) is 0.530. The number of nitrogens with two attached hydrogens (primary N) is 1. The Hall–Kier alpha value is -1.72. The summed E-state index contributed by atoms with van der Waals surface area (Å²) >= 11 is 0. The van der Waals surface area contributed by atoms with Crippen LogP contribution in [0.3, 0.4) is 0 Å². The molecule has 0 saturated heterocycles. The van der Waals surface area contributed by atoms with Crippen molar-refractivity contribution < 1.29 is 14.3 Å². The maximum Gasteiger partial charge on any atom is 0.224 e. The molecule has 0 bridgehead atoms.